The van der Waals surface area contributed by atoms with Gasteiger partial charge in [0, 0.05) is 29.2 Å². The summed E-state index contributed by atoms with van der Waals surface area (Å²) in [6.45, 7) is 1.79. The predicted molar refractivity (Wildman–Crippen MR) is 111 cm³/mol. The first-order chi connectivity index (χ1) is 14.1. The van der Waals surface area contributed by atoms with Crippen molar-refractivity contribution in [3.05, 3.63) is 89.7 Å². The van der Waals surface area contributed by atoms with E-state index in [0.717, 1.165) is 5.56 Å². The zero-order chi connectivity index (χ0) is 20.6. The number of aromatic nitrogens is 1. The van der Waals surface area contributed by atoms with Crippen LogP contribution in [0.15, 0.2) is 78.2 Å². The van der Waals surface area contributed by atoms with Crippen molar-refractivity contribution in [2.24, 2.45) is 5.10 Å². The maximum absolute atomic E-state index is 12.3. The van der Waals surface area contributed by atoms with E-state index >= 15 is 0 Å². The van der Waals surface area contributed by atoms with Crippen molar-refractivity contribution in [2.45, 2.75) is 6.92 Å². The summed E-state index contributed by atoms with van der Waals surface area (Å²) < 4.78 is 5.09. The van der Waals surface area contributed by atoms with Gasteiger partial charge < -0.3 is 10.1 Å². The fourth-order valence-electron chi connectivity index (χ4n) is 2.51. The van der Waals surface area contributed by atoms with Crippen LogP contribution in [0.2, 0.25) is 0 Å². The number of hydrogen-bond donors (Lipinski definition) is 2. The smallest absolute Gasteiger partial charge is 0.271 e. The molecule has 0 radical (unpaired) electrons. The van der Waals surface area contributed by atoms with Gasteiger partial charge in [-0.3, -0.25) is 14.6 Å². The molecule has 0 aliphatic heterocycles. The van der Waals surface area contributed by atoms with Gasteiger partial charge in [0.15, 0.2) is 0 Å². The molecule has 2 N–H and O–H groups in total. The largest absolute Gasteiger partial charge is 0.497 e. The van der Waals surface area contributed by atoms with E-state index in [1.165, 1.54) is 0 Å². The molecule has 0 unspecified atom stereocenters. The Morgan fingerprint density at radius 1 is 0.828 bits per heavy atom. The Kier molecular flexibility index (Phi) is 6.32. The molecule has 7 nitrogen and oxygen atoms in total. The van der Waals surface area contributed by atoms with E-state index in [0.29, 0.717) is 28.3 Å². The Bertz CT molecular complexity index is 1010. The molecule has 0 saturated heterocycles. The second-order valence-electron chi connectivity index (χ2n) is 6.13. The monoisotopic (exact) mass is 388 g/mol. The fourth-order valence-corrected chi connectivity index (χ4v) is 2.51. The Hall–Kier alpha value is -4.00. The van der Waals surface area contributed by atoms with Crippen LogP contribution in [0.25, 0.3) is 0 Å². The highest BCUT2D eigenvalue weighted by atomic mass is 16.5. The molecule has 2 amide bonds. The second-order valence-corrected chi connectivity index (χ2v) is 6.13. The number of hydrazone groups is 1. The zero-order valence-electron chi connectivity index (χ0n) is 16.0. The number of hydrogen-bond acceptors (Lipinski definition) is 5. The number of nitrogens with one attached hydrogen (secondary N) is 2. The molecule has 1 heterocycles. The maximum Gasteiger partial charge on any atom is 0.271 e. The predicted octanol–water partition coefficient (Wildman–Crippen LogP) is 3.50. The molecule has 0 spiro atoms. The van der Waals surface area contributed by atoms with E-state index in [9.17, 15) is 9.59 Å². The average Bonchev–Trinajstić information content (AvgIpc) is 2.78. The summed E-state index contributed by atoms with van der Waals surface area (Å²) in [6.07, 6.45) is 3.09. The lowest BCUT2D eigenvalue weighted by Gasteiger charge is -2.08. The molecule has 146 valence electrons. The number of carbonyl (C=O) groups is 2. The quantitative estimate of drug-likeness (QED) is 0.499. The highest BCUT2D eigenvalue weighted by Gasteiger charge is 2.07. The van der Waals surface area contributed by atoms with Crippen LogP contribution in [0.4, 0.5) is 5.69 Å². The minimum Gasteiger partial charge on any atom is -0.497 e. The first kappa shape index (κ1) is 19.8. The van der Waals surface area contributed by atoms with Gasteiger partial charge in [-0.25, -0.2) is 5.43 Å². The summed E-state index contributed by atoms with van der Waals surface area (Å²) in [7, 11) is 1.58. The Morgan fingerprint density at radius 3 is 2.03 bits per heavy atom. The number of benzene rings is 2. The summed E-state index contributed by atoms with van der Waals surface area (Å²) in [6, 6.07) is 17.3. The van der Waals surface area contributed by atoms with Crippen LogP contribution in [0.1, 0.15) is 33.2 Å². The van der Waals surface area contributed by atoms with Gasteiger partial charge in [-0.1, -0.05) is 12.1 Å². The average molecular weight is 388 g/mol. The Morgan fingerprint density at radius 2 is 1.41 bits per heavy atom. The molecular formula is C22H20N4O3. The number of amides is 2. The first-order valence-electron chi connectivity index (χ1n) is 8.87. The topological polar surface area (TPSA) is 92.7 Å². The van der Waals surface area contributed by atoms with E-state index < -0.39 is 0 Å². The number of methoxy groups -OCH3 is 1. The molecule has 3 aromatic rings. The molecule has 3 rings (SSSR count). The summed E-state index contributed by atoms with van der Waals surface area (Å²) in [4.78, 5) is 28.2. The molecule has 0 fully saturated rings. The summed E-state index contributed by atoms with van der Waals surface area (Å²) in [5.41, 5.74) is 5.65. The minimum absolute atomic E-state index is 0.213. The molecule has 0 saturated carbocycles. The van der Waals surface area contributed by atoms with Crippen LogP contribution < -0.4 is 15.5 Å². The Labute approximate surface area is 168 Å². The standard InChI is InChI=1S/C22H20N4O3/c1-15(25-26-22(28)18-11-13-23-14-12-18)16-3-7-19(8-4-16)24-21(27)17-5-9-20(29-2)10-6-17/h3-14H,1-2H3,(H,24,27)(H,26,28)/b25-15+. The summed E-state index contributed by atoms with van der Waals surface area (Å²) in [5.74, 6) is 0.169. The van der Waals surface area contributed by atoms with Crippen LogP contribution in [0.5, 0.6) is 5.75 Å². The van der Waals surface area contributed by atoms with Crippen molar-refractivity contribution in [3.8, 4) is 5.75 Å². The van der Waals surface area contributed by atoms with Crippen molar-refractivity contribution in [1.82, 2.24) is 10.4 Å². The van der Waals surface area contributed by atoms with Gasteiger partial charge in [-0.2, -0.15) is 5.10 Å². The summed E-state index contributed by atoms with van der Waals surface area (Å²) in [5, 5.41) is 6.96. The van der Waals surface area contributed by atoms with Crippen molar-refractivity contribution in [1.29, 1.82) is 0 Å². The lowest BCUT2D eigenvalue weighted by atomic mass is 10.1. The third-order valence-electron chi connectivity index (χ3n) is 4.18. The van der Waals surface area contributed by atoms with Crippen LogP contribution in [0.3, 0.4) is 0 Å². The van der Waals surface area contributed by atoms with Crippen molar-refractivity contribution >= 4 is 23.2 Å². The lowest BCUT2D eigenvalue weighted by Crippen LogP contribution is -2.19. The normalized spacial score (nSPS) is 10.9. The van der Waals surface area contributed by atoms with Crippen molar-refractivity contribution < 1.29 is 14.3 Å². The second kappa shape index (κ2) is 9.27. The molecule has 0 bridgehead atoms. The molecule has 0 aliphatic rings. The third kappa shape index (κ3) is 5.26. The van der Waals surface area contributed by atoms with E-state index in [1.54, 1.807) is 75.0 Å². The van der Waals surface area contributed by atoms with Gasteiger partial charge in [-0.05, 0) is 61.0 Å². The molecule has 0 aliphatic carbocycles. The molecular weight excluding hydrogens is 368 g/mol. The number of ether oxygens (including phenoxy) is 1. The maximum atomic E-state index is 12.3. The van der Waals surface area contributed by atoms with E-state index in [2.05, 4.69) is 20.8 Å². The van der Waals surface area contributed by atoms with E-state index in [4.69, 9.17) is 4.74 Å². The van der Waals surface area contributed by atoms with Gasteiger partial charge in [0.05, 0.1) is 12.8 Å². The first-order valence-corrected chi connectivity index (χ1v) is 8.87. The number of carbonyl (C=O) groups excluding carboxylic acids is 2. The minimum atomic E-state index is -0.310. The molecule has 29 heavy (non-hydrogen) atoms. The van der Waals surface area contributed by atoms with Crippen LogP contribution in [0, 0.1) is 0 Å². The summed E-state index contributed by atoms with van der Waals surface area (Å²) >= 11 is 0. The highest BCUT2D eigenvalue weighted by Crippen LogP contribution is 2.15. The SMILES string of the molecule is COc1ccc(C(=O)Nc2ccc(/C(C)=N/NC(=O)c3ccncc3)cc2)cc1. The number of rotatable bonds is 6. The number of pyridine rings is 1. The number of nitrogens with zero attached hydrogens (tertiary/aromatic N) is 2. The van der Waals surface area contributed by atoms with Gasteiger partial charge in [0.25, 0.3) is 11.8 Å². The molecule has 1 aromatic heterocycles. The van der Waals surface area contributed by atoms with Gasteiger partial charge in [0.1, 0.15) is 5.75 Å². The number of anilines is 1. The Balaban J connectivity index is 1.61. The fraction of sp³-hybridized carbons (Fsp3) is 0.0909. The van der Waals surface area contributed by atoms with Crippen LogP contribution in [-0.2, 0) is 0 Å². The third-order valence-corrected chi connectivity index (χ3v) is 4.18. The van der Waals surface area contributed by atoms with Crippen molar-refractivity contribution in [2.75, 3.05) is 12.4 Å². The van der Waals surface area contributed by atoms with Gasteiger partial charge >= 0.3 is 0 Å². The molecule has 2 aromatic carbocycles. The lowest BCUT2D eigenvalue weighted by molar-refractivity contribution is 0.0954. The van der Waals surface area contributed by atoms with Gasteiger partial charge in [0.2, 0.25) is 0 Å². The van der Waals surface area contributed by atoms with E-state index in [-0.39, 0.29) is 11.8 Å². The van der Waals surface area contributed by atoms with Crippen LogP contribution in [-0.4, -0.2) is 29.6 Å². The van der Waals surface area contributed by atoms with Crippen molar-refractivity contribution in [3.63, 3.8) is 0 Å². The highest BCUT2D eigenvalue weighted by molar-refractivity contribution is 6.05. The van der Waals surface area contributed by atoms with Crippen LogP contribution >= 0.6 is 0 Å². The molecule has 0 atom stereocenters. The van der Waals surface area contributed by atoms with Gasteiger partial charge in [-0.15, -0.1) is 0 Å². The zero-order valence-corrected chi connectivity index (χ0v) is 16.0. The van der Waals surface area contributed by atoms with E-state index in [1.807, 2.05) is 12.1 Å². The molecule has 7 heteroatoms.